The molecule has 3 aromatic rings. The van der Waals surface area contributed by atoms with Gasteiger partial charge < -0.3 is 19.3 Å². The predicted octanol–water partition coefficient (Wildman–Crippen LogP) is 5.87. The van der Waals surface area contributed by atoms with Crippen molar-refractivity contribution in [1.29, 1.82) is 0 Å². The van der Waals surface area contributed by atoms with Gasteiger partial charge in [0.05, 0.1) is 13.1 Å². The fourth-order valence-corrected chi connectivity index (χ4v) is 9.39. The number of pyridine rings is 1. The molecular weight excluding hydrogens is 545 g/mol. The maximum Gasteiger partial charge on any atom is 0.506 e. The lowest BCUT2D eigenvalue weighted by Gasteiger charge is -2.61. The Morgan fingerprint density at radius 2 is 1.95 bits per heavy atom. The molecule has 4 bridgehead atoms. The van der Waals surface area contributed by atoms with E-state index in [0.717, 1.165) is 48.7 Å². The zero-order chi connectivity index (χ0) is 27.9. The molecule has 1 aliphatic heterocycles. The van der Waals surface area contributed by atoms with Crippen LogP contribution in [-0.4, -0.2) is 48.7 Å². The van der Waals surface area contributed by atoms with Gasteiger partial charge in [-0.1, -0.05) is 0 Å². The highest BCUT2D eigenvalue weighted by molar-refractivity contribution is 7.11. The number of amides is 1. The van der Waals surface area contributed by atoms with E-state index in [0.29, 0.717) is 66.0 Å². The number of thiazole rings is 1. The van der Waals surface area contributed by atoms with E-state index < -0.39 is 22.9 Å². The number of nitrogens with zero attached hydrogens (tertiary/aromatic N) is 4. The van der Waals surface area contributed by atoms with Gasteiger partial charge in [0.1, 0.15) is 11.2 Å². The molecule has 12 heteroatoms. The van der Waals surface area contributed by atoms with E-state index >= 15 is 0 Å². The molecule has 4 heterocycles. The van der Waals surface area contributed by atoms with E-state index in [1.165, 1.54) is 6.20 Å². The Bertz CT molecular complexity index is 1500. The van der Waals surface area contributed by atoms with Gasteiger partial charge in [-0.15, -0.1) is 11.3 Å². The highest BCUT2D eigenvalue weighted by Gasteiger charge is 2.60. The van der Waals surface area contributed by atoms with Crippen molar-refractivity contribution in [3.63, 3.8) is 0 Å². The predicted molar refractivity (Wildman–Crippen MR) is 139 cm³/mol. The molecule has 1 amide bonds. The Kier molecular flexibility index (Phi) is 5.75. The molecule has 4 saturated carbocycles. The van der Waals surface area contributed by atoms with E-state index in [2.05, 4.69) is 9.97 Å². The highest BCUT2D eigenvalue weighted by Crippen LogP contribution is 2.64. The van der Waals surface area contributed by atoms with Gasteiger partial charge in [0, 0.05) is 41.3 Å². The summed E-state index contributed by atoms with van der Waals surface area (Å²) in [5, 5.41) is 9.49. The third-order valence-corrected chi connectivity index (χ3v) is 10.5. The molecule has 4 aliphatic carbocycles. The lowest BCUT2D eigenvalue weighted by atomic mass is 9.47. The summed E-state index contributed by atoms with van der Waals surface area (Å²) >= 11 is 0.626. The van der Waals surface area contributed by atoms with Crippen molar-refractivity contribution in [2.45, 2.75) is 76.2 Å². The fourth-order valence-electron chi connectivity index (χ4n) is 8.62. The molecule has 4 fully saturated rings. The van der Waals surface area contributed by atoms with Gasteiger partial charge in [0.25, 0.3) is 0 Å². The van der Waals surface area contributed by atoms with Crippen LogP contribution >= 0.6 is 11.3 Å². The summed E-state index contributed by atoms with van der Waals surface area (Å²) in [5.41, 5.74) is 1.75. The number of hydrogen-bond donors (Lipinski definition) is 1. The molecule has 8 nitrogen and oxygen atoms in total. The number of alkyl halides is 3. The molecule has 8 rings (SSSR count). The van der Waals surface area contributed by atoms with Crippen molar-refractivity contribution in [3.05, 3.63) is 45.7 Å². The lowest BCUT2D eigenvalue weighted by molar-refractivity contribution is -0.178. The Morgan fingerprint density at radius 1 is 1.18 bits per heavy atom. The summed E-state index contributed by atoms with van der Waals surface area (Å²) in [6.45, 7) is 1.11. The Balaban J connectivity index is 1.15. The van der Waals surface area contributed by atoms with Gasteiger partial charge in [-0.2, -0.15) is 13.2 Å². The minimum absolute atomic E-state index is 0.0417. The summed E-state index contributed by atoms with van der Waals surface area (Å²) in [7, 11) is 0. The van der Waals surface area contributed by atoms with Crippen molar-refractivity contribution in [1.82, 2.24) is 19.4 Å². The maximum absolute atomic E-state index is 13.8. The second-order valence-corrected chi connectivity index (χ2v) is 13.4. The number of carboxylic acid groups (broad SMARTS) is 1. The minimum Gasteiger partial charge on any atom is -0.450 e. The molecule has 3 aromatic heterocycles. The van der Waals surface area contributed by atoms with Gasteiger partial charge >= 0.3 is 12.3 Å². The quantitative estimate of drug-likeness (QED) is 0.383. The molecular formula is C28H29F3N4O4S. The summed E-state index contributed by atoms with van der Waals surface area (Å²) < 4.78 is 47.0. The summed E-state index contributed by atoms with van der Waals surface area (Å²) in [6, 6.07) is 3.82. The average molecular weight is 575 g/mol. The number of carbonyl (C=O) groups is 2. The average Bonchev–Trinajstić information content (AvgIpc) is 3.46. The van der Waals surface area contributed by atoms with Crippen LogP contribution in [0.3, 0.4) is 0 Å². The van der Waals surface area contributed by atoms with E-state index in [1.54, 1.807) is 6.20 Å². The number of aromatic nitrogens is 3. The van der Waals surface area contributed by atoms with Crippen LogP contribution in [0, 0.1) is 17.3 Å². The molecule has 2 atom stereocenters. The van der Waals surface area contributed by atoms with Gasteiger partial charge in [-0.25, -0.2) is 14.8 Å². The smallest absolute Gasteiger partial charge is 0.450 e. The first-order valence-corrected chi connectivity index (χ1v) is 14.5. The molecule has 0 radical (unpaired) electrons. The van der Waals surface area contributed by atoms with Crippen molar-refractivity contribution in [2.75, 3.05) is 6.54 Å². The second kappa shape index (κ2) is 8.92. The third kappa shape index (κ3) is 4.35. The summed E-state index contributed by atoms with van der Waals surface area (Å²) in [4.78, 5) is 35.8. The van der Waals surface area contributed by atoms with Gasteiger partial charge in [0.15, 0.2) is 5.01 Å². The Morgan fingerprint density at radius 3 is 2.65 bits per heavy atom. The molecule has 0 aromatic carbocycles. The fraction of sp³-hybridized carbons (Fsp3) is 0.571. The van der Waals surface area contributed by atoms with E-state index in [4.69, 9.17) is 4.74 Å². The van der Waals surface area contributed by atoms with Gasteiger partial charge in [-0.3, -0.25) is 4.79 Å². The number of halogens is 3. The van der Waals surface area contributed by atoms with E-state index in [9.17, 15) is 27.9 Å². The van der Waals surface area contributed by atoms with Gasteiger partial charge in [0.2, 0.25) is 5.91 Å². The molecule has 212 valence electrons. The molecule has 0 spiro atoms. The Labute approximate surface area is 232 Å². The normalized spacial score (nSPS) is 29.1. The number of rotatable bonds is 5. The van der Waals surface area contributed by atoms with Crippen molar-refractivity contribution >= 4 is 34.4 Å². The maximum atomic E-state index is 13.8. The van der Waals surface area contributed by atoms with E-state index in [-0.39, 0.29) is 17.9 Å². The first-order valence-electron chi connectivity index (χ1n) is 13.7. The van der Waals surface area contributed by atoms with Crippen LogP contribution in [0.25, 0.3) is 11.0 Å². The third-order valence-electron chi connectivity index (χ3n) is 9.44. The van der Waals surface area contributed by atoms with Crippen LogP contribution in [0.15, 0.2) is 24.5 Å². The number of ether oxygens (including phenoxy) is 1. The topological polar surface area (TPSA) is 97.6 Å². The highest BCUT2D eigenvalue weighted by atomic mass is 32.1. The molecule has 0 saturated heterocycles. The van der Waals surface area contributed by atoms with Crippen LogP contribution in [0.2, 0.25) is 0 Å². The van der Waals surface area contributed by atoms with Crippen LogP contribution in [0.1, 0.15) is 66.1 Å². The first-order chi connectivity index (χ1) is 19.0. The SMILES string of the molecule is O=C(O)OC12CC3CC(CC(CC(=O)N4CCc5c(n(Cc6cnc(C(F)(F)F)s6)c6ncccc56)C4)(C3)C1)C2. The zero-order valence-electron chi connectivity index (χ0n) is 21.7. The summed E-state index contributed by atoms with van der Waals surface area (Å²) in [5.74, 6) is 0.812. The second-order valence-electron chi connectivity index (χ2n) is 12.3. The monoisotopic (exact) mass is 574 g/mol. The van der Waals surface area contributed by atoms with Gasteiger partial charge in [-0.05, 0) is 79.9 Å². The molecule has 2 unspecified atom stereocenters. The molecule has 40 heavy (non-hydrogen) atoms. The van der Waals surface area contributed by atoms with Crippen molar-refractivity contribution in [3.8, 4) is 0 Å². The largest absolute Gasteiger partial charge is 0.506 e. The molecule has 5 aliphatic rings. The van der Waals surface area contributed by atoms with Crippen molar-refractivity contribution < 1.29 is 32.6 Å². The van der Waals surface area contributed by atoms with Crippen LogP contribution in [0.5, 0.6) is 0 Å². The van der Waals surface area contributed by atoms with E-state index in [1.807, 2.05) is 21.6 Å². The first kappa shape index (κ1) is 25.8. The number of hydrogen-bond acceptors (Lipinski definition) is 6. The number of fused-ring (bicyclic) bond motifs is 3. The minimum atomic E-state index is -4.49. The zero-order valence-corrected chi connectivity index (χ0v) is 22.6. The standard InChI is InChI=1S/C28H29F3N4O4S/c29-28(30,31)24-33-12-18(40-24)13-35-21-14-34(5-3-19(21)20-2-1-4-32-23(20)35)22(36)11-26-7-16-6-17(8-26)10-27(9-16,15-26)39-25(37)38/h1-2,4,12,16-17H,3,5-11,13-15H2,(H,37,38). The van der Waals surface area contributed by atoms with Crippen LogP contribution < -0.4 is 0 Å². The number of carbonyl (C=O) groups excluding carboxylic acids is 1. The van der Waals surface area contributed by atoms with Crippen molar-refractivity contribution in [2.24, 2.45) is 17.3 Å². The molecule has 1 N–H and O–H groups in total. The Hall–Kier alpha value is -3.15. The van der Waals surface area contributed by atoms with Crippen LogP contribution in [0.4, 0.5) is 18.0 Å². The summed E-state index contributed by atoms with van der Waals surface area (Å²) in [6.07, 6.45) is 3.23. The lowest BCUT2D eigenvalue weighted by Crippen LogP contribution is -2.58. The van der Waals surface area contributed by atoms with Crippen LogP contribution in [-0.2, 0) is 35.2 Å².